The monoisotopic (exact) mass is 589 g/mol. The Morgan fingerprint density at radius 3 is 1.89 bits per heavy atom. The van der Waals surface area contributed by atoms with E-state index in [-0.39, 0.29) is 0 Å². The first-order chi connectivity index (χ1) is 21.5. The maximum absolute atomic E-state index is 14.5. The predicted octanol–water partition coefficient (Wildman–Crippen LogP) is 6.62. The number of anilines is 1. The summed E-state index contributed by atoms with van der Waals surface area (Å²) in [5.74, 6) is -0.674. The fourth-order valence-corrected chi connectivity index (χ4v) is 7.14. The summed E-state index contributed by atoms with van der Waals surface area (Å²) < 4.78 is 22.7. The van der Waals surface area contributed by atoms with E-state index in [0.717, 1.165) is 27.8 Å². The van der Waals surface area contributed by atoms with Crippen LogP contribution >= 0.6 is 0 Å². The zero-order chi connectivity index (χ0) is 30.8. The molecule has 4 aromatic carbocycles. The first-order valence-corrected chi connectivity index (χ1v) is 14.6. The topological polar surface area (TPSA) is 74.3 Å². The molecule has 44 heavy (non-hydrogen) atoms. The number of carbonyl (C=O) groups excluding carboxylic acids is 2. The van der Waals surface area contributed by atoms with Gasteiger partial charge in [-0.05, 0) is 47.2 Å². The highest BCUT2D eigenvalue weighted by atomic mass is 16.5. The average Bonchev–Trinajstić information content (AvgIpc) is 3.39. The molecule has 0 spiro atoms. The second kappa shape index (κ2) is 11.9. The Bertz CT molecular complexity index is 1660. The van der Waals surface area contributed by atoms with Gasteiger partial charge in [0.1, 0.15) is 11.5 Å². The zero-order valence-corrected chi connectivity index (χ0v) is 25.3. The molecular weight excluding hydrogens is 554 g/mol. The molecule has 0 amide bonds. The smallest absolute Gasteiger partial charge is 0.329 e. The Morgan fingerprint density at radius 1 is 0.727 bits per heavy atom. The van der Waals surface area contributed by atoms with E-state index in [1.54, 1.807) is 14.2 Å². The van der Waals surface area contributed by atoms with Crippen LogP contribution in [-0.2, 0) is 25.5 Å². The summed E-state index contributed by atoms with van der Waals surface area (Å²) in [5, 5.41) is 0. The number of carbonyl (C=O) groups is 2. The minimum Gasteiger partial charge on any atom is -0.497 e. The summed E-state index contributed by atoms with van der Waals surface area (Å²) in [7, 11) is 5.87. The Balaban J connectivity index is 1.84. The summed E-state index contributed by atoms with van der Waals surface area (Å²) in [4.78, 5) is 31.1. The highest BCUT2D eigenvalue weighted by molar-refractivity contribution is 6.10. The van der Waals surface area contributed by atoms with Crippen molar-refractivity contribution in [3.8, 4) is 11.5 Å². The number of hydrogen-bond donors (Lipinski definition) is 0. The molecular formula is C37H35NO6. The van der Waals surface area contributed by atoms with Gasteiger partial charge in [0.25, 0.3) is 0 Å². The fourth-order valence-electron chi connectivity index (χ4n) is 7.14. The third-order valence-electron chi connectivity index (χ3n) is 8.95. The third kappa shape index (κ3) is 4.42. The van der Waals surface area contributed by atoms with E-state index >= 15 is 0 Å². The van der Waals surface area contributed by atoms with Crippen LogP contribution < -0.4 is 14.4 Å². The van der Waals surface area contributed by atoms with Gasteiger partial charge in [-0.3, -0.25) is 9.59 Å². The zero-order valence-electron chi connectivity index (χ0n) is 25.3. The number of benzene rings is 4. The maximum atomic E-state index is 14.5. The Labute approximate surface area is 257 Å². The van der Waals surface area contributed by atoms with Crippen molar-refractivity contribution in [3.05, 3.63) is 131 Å². The van der Waals surface area contributed by atoms with Crippen molar-refractivity contribution in [2.24, 2.45) is 11.3 Å². The van der Waals surface area contributed by atoms with E-state index in [1.807, 2.05) is 91.0 Å². The number of nitrogens with zero attached hydrogens (tertiary/aromatic N) is 1. The van der Waals surface area contributed by atoms with Gasteiger partial charge in [0, 0.05) is 17.6 Å². The Morgan fingerprint density at radius 2 is 1.32 bits per heavy atom. The van der Waals surface area contributed by atoms with Crippen molar-refractivity contribution in [1.29, 1.82) is 0 Å². The molecule has 0 radical (unpaired) electrons. The van der Waals surface area contributed by atoms with E-state index in [2.05, 4.69) is 17.0 Å². The standard InChI is InChI=1S/C37H35NO6/c1-41-27-20-22-30(31(23-27)42-2)38-33-28-18-12-11-13-24(28)19-21-29(33)37(35(39)43-3,36(40)44-4)34(38)32(25-14-7-5-8-15-25)26-16-9-6-10-17-26/h5-18,20,22-23,29,33H,19,21H2,1-4H3/t29-,33-/m1/s1. The fraction of sp³-hybridized carbons (Fsp3) is 0.243. The summed E-state index contributed by atoms with van der Waals surface area (Å²) in [6, 6.07) is 33.1. The van der Waals surface area contributed by atoms with Crippen molar-refractivity contribution in [2.45, 2.75) is 18.9 Å². The second-order valence-corrected chi connectivity index (χ2v) is 10.9. The van der Waals surface area contributed by atoms with Crippen LogP contribution in [0.5, 0.6) is 11.5 Å². The number of ether oxygens (including phenoxy) is 4. The lowest BCUT2D eigenvalue weighted by molar-refractivity contribution is -0.169. The van der Waals surface area contributed by atoms with E-state index in [0.29, 0.717) is 35.7 Å². The molecule has 0 saturated carbocycles. The number of methoxy groups -OCH3 is 4. The molecule has 0 unspecified atom stereocenters. The minimum atomic E-state index is -1.80. The van der Waals surface area contributed by atoms with E-state index in [9.17, 15) is 9.59 Å². The first kappa shape index (κ1) is 29.1. The summed E-state index contributed by atoms with van der Waals surface area (Å²) in [6.45, 7) is 0. The number of rotatable bonds is 7. The molecule has 7 heteroatoms. The molecule has 2 aliphatic rings. The van der Waals surface area contributed by atoms with Gasteiger partial charge < -0.3 is 23.8 Å². The lowest BCUT2D eigenvalue weighted by Gasteiger charge is -2.36. The normalized spacial score (nSPS) is 18.1. The molecule has 1 aliphatic carbocycles. The van der Waals surface area contributed by atoms with Crippen LogP contribution in [0, 0.1) is 11.3 Å². The van der Waals surface area contributed by atoms with Crippen LogP contribution in [-0.4, -0.2) is 40.4 Å². The number of hydrogen-bond acceptors (Lipinski definition) is 7. The van der Waals surface area contributed by atoms with Crippen LogP contribution in [0.25, 0.3) is 5.57 Å². The van der Waals surface area contributed by atoms with Gasteiger partial charge in [0.2, 0.25) is 5.41 Å². The predicted molar refractivity (Wildman–Crippen MR) is 168 cm³/mol. The summed E-state index contributed by atoms with van der Waals surface area (Å²) in [6.07, 6.45) is 1.25. The number of aryl methyl sites for hydroxylation is 1. The Hall–Kier alpha value is -5.04. The number of fused-ring (bicyclic) bond motifs is 3. The van der Waals surface area contributed by atoms with Crippen molar-refractivity contribution < 1.29 is 28.5 Å². The quantitative estimate of drug-likeness (QED) is 0.177. The maximum Gasteiger partial charge on any atom is 0.329 e. The van der Waals surface area contributed by atoms with E-state index in [4.69, 9.17) is 18.9 Å². The highest BCUT2D eigenvalue weighted by Crippen LogP contribution is 2.64. The molecule has 224 valence electrons. The third-order valence-corrected chi connectivity index (χ3v) is 8.95. The van der Waals surface area contributed by atoms with Crippen LogP contribution in [0.4, 0.5) is 5.69 Å². The van der Waals surface area contributed by atoms with Crippen molar-refractivity contribution >= 4 is 23.2 Å². The minimum absolute atomic E-state index is 0.419. The van der Waals surface area contributed by atoms with Gasteiger partial charge in [-0.25, -0.2) is 0 Å². The SMILES string of the molecule is COC(=O)C1(C(=O)OC)C(=C(c2ccccc2)c2ccccc2)N(c2ccc(OC)cc2OC)[C@@H]2c3ccccc3CC[C@H]21. The lowest BCUT2D eigenvalue weighted by atomic mass is 9.66. The van der Waals surface area contributed by atoms with Gasteiger partial charge in [-0.1, -0.05) is 84.9 Å². The number of esters is 2. The molecule has 2 atom stereocenters. The van der Waals surface area contributed by atoms with Crippen LogP contribution in [0.2, 0.25) is 0 Å². The largest absolute Gasteiger partial charge is 0.497 e. The Kier molecular flexibility index (Phi) is 7.87. The van der Waals surface area contributed by atoms with Crippen LogP contribution in [0.1, 0.15) is 34.7 Å². The van der Waals surface area contributed by atoms with Gasteiger partial charge in [0.05, 0.1) is 45.9 Å². The molecule has 1 aliphatic heterocycles. The van der Waals surface area contributed by atoms with Crippen LogP contribution in [0.3, 0.4) is 0 Å². The molecule has 1 heterocycles. The lowest BCUT2D eigenvalue weighted by Crippen LogP contribution is -2.47. The molecule has 4 aromatic rings. The molecule has 0 N–H and O–H groups in total. The highest BCUT2D eigenvalue weighted by Gasteiger charge is 2.69. The summed E-state index contributed by atoms with van der Waals surface area (Å²) >= 11 is 0. The van der Waals surface area contributed by atoms with Crippen molar-refractivity contribution in [2.75, 3.05) is 33.3 Å². The average molecular weight is 590 g/mol. The molecule has 1 saturated heterocycles. The molecule has 6 rings (SSSR count). The van der Waals surface area contributed by atoms with Crippen molar-refractivity contribution in [3.63, 3.8) is 0 Å². The van der Waals surface area contributed by atoms with Gasteiger partial charge in [-0.15, -0.1) is 0 Å². The molecule has 0 aromatic heterocycles. The summed E-state index contributed by atoms with van der Waals surface area (Å²) in [5.41, 5.74) is 4.00. The van der Waals surface area contributed by atoms with E-state index < -0.39 is 29.3 Å². The van der Waals surface area contributed by atoms with Crippen molar-refractivity contribution in [1.82, 2.24) is 0 Å². The van der Waals surface area contributed by atoms with Crippen LogP contribution in [0.15, 0.2) is 109 Å². The van der Waals surface area contributed by atoms with Gasteiger partial charge >= 0.3 is 11.9 Å². The molecule has 1 fully saturated rings. The van der Waals surface area contributed by atoms with E-state index in [1.165, 1.54) is 14.2 Å². The molecule has 7 nitrogen and oxygen atoms in total. The van der Waals surface area contributed by atoms with Gasteiger partial charge in [-0.2, -0.15) is 0 Å². The first-order valence-electron chi connectivity index (χ1n) is 14.6. The van der Waals surface area contributed by atoms with Gasteiger partial charge in [0.15, 0.2) is 0 Å². The second-order valence-electron chi connectivity index (χ2n) is 10.9. The molecule has 0 bridgehead atoms.